The number of aromatic nitrogens is 1. The summed E-state index contributed by atoms with van der Waals surface area (Å²) in [6, 6.07) is 15.0. The highest BCUT2D eigenvalue weighted by Crippen LogP contribution is 2.37. The van der Waals surface area contributed by atoms with Gasteiger partial charge in [-0.1, -0.05) is 41.0 Å². The zero-order valence-electron chi connectivity index (χ0n) is 11.3. The van der Waals surface area contributed by atoms with Crippen LogP contribution in [-0.4, -0.2) is 12.3 Å². The number of rotatable bonds is 3. The van der Waals surface area contributed by atoms with Crippen LogP contribution in [0.25, 0.3) is 22.4 Å². The van der Waals surface area contributed by atoms with Gasteiger partial charge in [-0.2, -0.15) is 0 Å². The van der Waals surface area contributed by atoms with Crippen molar-refractivity contribution in [3.05, 3.63) is 53.6 Å². The molecule has 106 valence electrons. The number of nitrogens with two attached hydrogens (primary N) is 1. The Labute approximate surface area is 127 Å². The minimum Gasteiger partial charge on any atom is -0.497 e. The summed E-state index contributed by atoms with van der Waals surface area (Å²) in [7, 11) is 1.62. The molecule has 1 aromatic heterocycles. The topological polar surface area (TPSA) is 61.3 Å². The maximum Gasteiger partial charge on any atom is 0.230 e. The maximum absolute atomic E-state index is 5.94. The minimum atomic E-state index is 0.271. The molecule has 1 heterocycles. The monoisotopic (exact) mass is 300 g/mol. The molecule has 0 amide bonds. The molecule has 0 unspecified atom stereocenters. The van der Waals surface area contributed by atoms with Gasteiger partial charge < -0.3 is 15.0 Å². The molecule has 3 rings (SSSR count). The van der Waals surface area contributed by atoms with Gasteiger partial charge in [0, 0.05) is 10.6 Å². The molecule has 0 aliphatic rings. The van der Waals surface area contributed by atoms with Gasteiger partial charge in [0.25, 0.3) is 0 Å². The van der Waals surface area contributed by atoms with Gasteiger partial charge in [-0.05, 0) is 29.8 Å². The standard InChI is InChI=1S/C16H13ClN2O2/c1-20-13-4-2-3-11(9-13)14-15(19-21-16(14)18)10-5-7-12(17)8-6-10/h2-9H,18H2,1H3. The predicted molar refractivity (Wildman–Crippen MR) is 83.3 cm³/mol. The van der Waals surface area contributed by atoms with Crippen molar-refractivity contribution in [2.45, 2.75) is 0 Å². The molecule has 0 spiro atoms. The first-order valence-electron chi connectivity index (χ1n) is 6.34. The predicted octanol–water partition coefficient (Wildman–Crippen LogP) is 4.25. The summed E-state index contributed by atoms with van der Waals surface area (Å²) in [5.74, 6) is 1.02. The molecule has 3 aromatic rings. The second kappa shape index (κ2) is 5.50. The maximum atomic E-state index is 5.94. The summed E-state index contributed by atoms with van der Waals surface area (Å²) in [6.45, 7) is 0. The van der Waals surface area contributed by atoms with Crippen LogP contribution in [0.1, 0.15) is 0 Å². The van der Waals surface area contributed by atoms with Gasteiger partial charge in [0.1, 0.15) is 11.4 Å². The van der Waals surface area contributed by atoms with Crippen LogP contribution in [0.5, 0.6) is 5.75 Å². The van der Waals surface area contributed by atoms with Gasteiger partial charge in [0.2, 0.25) is 5.88 Å². The van der Waals surface area contributed by atoms with Crippen molar-refractivity contribution >= 4 is 17.5 Å². The van der Waals surface area contributed by atoms with Gasteiger partial charge in [-0.3, -0.25) is 0 Å². The van der Waals surface area contributed by atoms with Crippen molar-refractivity contribution in [3.63, 3.8) is 0 Å². The summed E-state index contributed by atoms with van der Waals surface area (Å²) in [6.07, 6.45) is 0. The Morgan fingerprint density at radius 2 is 1.86 bits per heavy atom. The van der Waals surface area contributed by atoms with Crippen LogP contribution in [0.2, 0.25) is 5.02 Å². The van der Waals surface area contributed by atoms with E-state index in [-0.39, 0.29) is 5.88 Å². The molecule has 0 saturated heterocycles. The Kier molecular flexibility index (Phi) is 3.54. The van der Waals surface area contributed by atoms with E-state index in [0.717, 1.165) is 22.4 Å². The Morgan fingerprint density at radius 3 is 2.57 bits per heavy atom. The summed E-state index contributed by atoms with van der Waals surface area (Å²) in [5, 5.41) is 4.73. The summed E-state index contributed by atoms with van der Waals surface area (Å²) in [4.78, 5) is 0. The average Bonchev–Trinajstić information content (AvgIpc) is 2.90. The summed E-state index contributed by atoms with van der Waals surface area (Å²) in [5.41, 5.74) is 9.13. The highest BCUT2D eigenvalue weighted by atomic mass is 35.5. The van der Waals surface area contributed by atoms with E-state index in [1.807, 2.05) is 36.4 Å². The average molecular weight is 301 g/mol. The number of anilines is 1. The highest BCUT2D eigenvalue weighted by molar-refractivity contribution is 6.30. The van der Waals surface area contributed by atoms with E-state index >= 15 is 0 Å². The first-order valence-corrected chi connectivity index (χ1v) is 6.72. The van der Waals surface area contributed by atoms with Crippen molar-refractivity contribution in [3.8, 4) is 28.1 Å². The second-order valence-electron chi connectivity index (χ2n) is 4.51. The molecule has 2 N–H and O–H groups in total. The molecule has 0 bridgehead atoms. The van der Waals surface area contributed by atoms with E-state index in [9.17, 15) is 0 Å². The van der Waals surface area contributed by atoms with Crippen LogP contribution in [0.15, 0.2) is 53.1 Å². The quantitative estimate of drug-likeness (QED) is 0.785. The molecule has 0 atom stereocenters. The normalized spacial score (nSPS) is 10.6. The third-order valence-corrected chi connectivity index (χ3v) is 3.45. The number of nitrogen functional groups attached to an aromatic ring is 1. The third-order valence-electron chi connectivity index (χ3n) is 3.19. The molecule has 0 aliphatic heterocycles. The fourth-order valence-corrected chi connectivity index (χ4v) is 2.29. The lowest BCUT2D eigenvalue weighted by Crippen LogP contribution is -1.89. The first kappa shape index (κ1) is 13.5. The van der Waals surface area contributed by atoms with Gasteiger partial charge in [0.15, 0.2) is 0 Å². The molecular formula is C16H13ClN2O2. The second-order valence-corrected chi connectivity index (χ2v) is 4.95. The molecule has 2 aromatic carbocycles. The summed E-state index contributed by atoms with van der Waals surface area (Å²) >= 11 is 5.92. The third kappa shape index (κ3) is 2.58. The van der Waals surface area contributed by atoms with Crippen LogP contribution >= 0.6 is 11.6 Å². The van der Waals surface area contributed by atoms with Gasteiger partial charge in [-0.25, -0.2) is 0 Å². The van der Waals surface area contributed by atoms with Crippen LogP contribution in [0.4, 0.5) is 5.88 Å². The van der Waals surface area contributed by atoms with Crippen molar-refractivity contribution in [2.75, 3.05) is 12.8 Å². The Bertz CT molecular complexity index is 766. The van der Waals surface area contributed by atoms with Crippen LogP contribution in [-0.2, 0) is 0 Å². The van der Waals surface area contributed by atoms with Gasteiger partial charge in [0.05, 0.1) is 12.7 Å². The van der Waals surface area contributed by atoms with E-state index in [0.29, 0.717) is 10.7 Å². The van der Waals surface area contributed by atoms with Crippen molar-refractivity contribution < 1.29 is 9.26 Å². The largest absolute Gasteiger partial charge is 0.497 e. The lowest BCUT2D eigenvalue weighted by Gasteiger charge is -2.05. The number of ether oxygens (including phenoxy) is 1. The van der Waals surface area contributed by atoms with Crippen LogP contribution < -0.4 is 10.5 Å². The Balaban J connectivity index is 2.14. The lowest BCUT2D eigenvalue weighted by molar-refractivity contribution is 0.415. The molecule has 4 nitrogen and oxygen atoms in total. The zero-order valence-corrected chi connectivity index (χ0v) is 12.1. The molecule has 5 heteroatoms. The molecule has 0 aliphatic carbocycles. The number of methoxy groups -OCH3 is 1. The number of halogens is 1. The smallest absolute Gasteiger partial charge is 0.230 e. The van der Waals surface area contributed by atoms with E-state index in [1.165, 1.54) is 0 Å². The Morgan fingerprint density at radius 1 is 1.10 bits per heavy atom. The van der Waals surface area contributed by atoms with E-state index < -0.39 is 0 Å². The number of hydrogen-bond donors (Lipinski definition) is 1. The number of hydrogen-bond acceptors (Lipinski definition) is 4. The number of nitrogens with zero attached hydrogens (tertiary/aromatic N) is 1. The molecule has 0 fully saturated rings. The zero-order chi connectivity index (χ0) is 14.8. The molecule has 21 heavy (non-hydrogen) atoms. The molecule has 0 saturated carbocycles. The summed E-state index contributed by atoms with van der Waals surface area (Å²) < 4.78 is 10.4. The number of benzene rings is 2. The molecule has 0 radical (unpaired) electrons. The lowest BCUT2D eigenvalue weighted by atomic mass is 10.0. The molecular weight excluding hydrogens is 288 g/mol. The fourth-order valence-electron chi connectivity index (χ4n) is 2.17. The fraction of sp³-hybridized carbons (Fsp3) is 0.0625. The SMILES string of the molecule is COc1cccc(-c2c(-c3ccc(Cl)cc3)noc2N)c1. The van der Waals surface area contributed by atoms with Crippen molar-refractivity contribution in [2.24, 2.45) is 0 Å². The van der Waals surface area contributed by atoms with Gasteiger partial charge >= 0.3 is 0 Å². The highest BCUT2D eigenvalue weighted by Gasteiger charge is 2.17. The Hall–Kier alpha value is -2.46. The first-order chi connectivity index (χ1) is 10.2. The van der Waals surface area contributed by atoms with E-state index in [4.69, 9.17) is 26.6 Å². The van der Waals surface area contributed by atoms with Gasteiger partial charge in [-0.15, -0.1) is 0 Å². The van der Waals surface area contributed by atoms with Crippen molar-refractivity contribution in [1.29, 1.82) is 0 Å². The minimum absolute atomic E-state index is 0.271. The van der Waals surface area contributed by atoms with E-state index in [1.54, 1.807) is 19.2 Å². The van der Waals surface area contributed by atoms with Crippen LogP contribution in [0.3, 0.4) is 0 Å². The van der Waals surface area contributed by atoms with Crippen LogP contribution in [0, 0.1) is 0 Å². The van der Waals surface area contributed by atoms with Crippen molar-refractivity contribution in [1.82, 2.24) is 5.16 Å². The van der Waals surface area contributed by atoms with E-state index in [2.05, 4.69) is 5.16 Å².